The topological polar surface area (TPSA) is 91.9 Å². The molecule has 2 N–H and O–H groups in total. The molecule has 2 heterocycles. The number of hydrogen-bond acceptors (Lipinski definition) is 6. The zero-order chi connectivity index (χ0) is 29.3. The molecule has 208 valence electrons. The minimum atomic E-state index is -0.373. The van der Waals surface area contributed by atoms with E-state index in [0.29, 0.717) is 32.3 Å². The zero-order valence-corrected chi connectivity index (χ0v) is 23.4. The highest BCUT2D eigenvalue weighted by Gasteiger charge is 2.13. The maximum atomic E-state index is 13.9. The van der Waals surface area contributed by atoms with Gasteiger partial charge in [0.25, 0.3) is 0 Å². The normalized spacial score (nSPS) is 11.1. The predicted octanol–water partition coefficient (Wildman–Crippen LogP) is 7.26. The summed E-state index contributed by atoms with van der Waals surface area (Å²) in [5.41, 5.74) is 2.52. The molecule has 0 amide bonds. The van der Waals surface area contributed by atoms with E-state index in [9.17, 15) is 8.78 Å². The van der Waals surface area contributed by atoms with Crippen molar-refractivity contribution in [2.24, 2.45) is 10.2 Å². The number of rotatable bonds is 6. The molecule has 0 saturated carbocycles. The van der Waals surface area contributed by atoms with E-state index >= 15 is 0 Å². The highest BCUT2D eigenvalue weighted by molar-refractivity contribution is 7.71. The molecule has 0 aliphatic carbocycles. The van der Waals surface area contributed by atoms with Crippen LogP contribution in [0.25, 0.3) is 22.8 Å². The molecule has 2 aromatic heterocycles. The van der Waals surface area contributed by atoms with Crippen LogP contribution in [0.2, 0.25) is 0 Å². The molecule has 0 aliphatic rings. The van der Waals surface area contributed by atoms with E-state index in [0.717, 1.165) is 11.1 Å². The number of halogens is 2. The summed E-state index contributed by atoms with van der Waals surface area (Å²) in [5.74, 6) is -0.0686. The average molecular weight is 597 g/mol. The van der Waals surface area contributed by atoms with Crippen LogP contribution in [0.5, 0.6) is 0 Å². The quantitative estimate of drug-likeness (QED) is 0.156. The van der Waals surface area contributed by atoms with Crippen molar-refractivity contribution in [1.29, 1.82) is 0 Å². The minimum Gasteiger partial charge on any atom is -0.250 e. The van der Waals surface area contributed by atoms with Crippen molar-refractivity contribution >= 4 is 36.9 Å². The van der Waals surface area contributed by atoms with E-state index in [4.69, 9.17) is 24.4 Å². The molecule has 0 saturated heterocycles. The fourth-order valence-electron chi connectivity index (χ4n) is 3.76. The molecule has 0 aliphatic heterocycles. The third-order valence-corrected chi connectivity index (χ3v) is 6.30. The van der Waals surface area contributed by atoms with E-state index in [2.05, 4.69) is 30.6 Å². The maximum absolute atomic E-state index is 13.9. The smallest absolute Gasteiger partial charge is 0.216 e. The molecule has 0 spiro atoms. The molecule has 0 atom stereocenters. The van der Waals surface area contributed by atoms with Crippen molar-refractivity contribution in [2.45, 2.75) is 0 Å². The van der Waals surface area contributed by atoms with Crippen LogP contribution in [0.4, 0.5) is 8.78 Å². The van der Waals surface area contributed by atoms with E-state index < -0.39 is 0 Å². The van der Waals surface area contributed by atoms with E-state index in [-0.39, 0.29) is 11.6 Å². The van der Waals surface area contributed by atoms with Crippen molar-refractivity contribution in [3.63, 3.8) is 0 Å². The molecule has 6 rings (SSSR count). The Balaban J connectivity index is 0.000000168. The summed E-state index contributed by atoms with van der Waals surface area (Å²) in [4.78, 5) is 0. The van der Waals surface area contributed by atoms with Gasteiger partial charge in [0.1, 0.15) is 11.6 Å². The number of nitrogens with one attached hydrogen (secondary N) is 2. The van der Waals surface area contributed by atoms with Crippen LogP contribution in [0.15, 0.2) is 119 Å². The van der Waals surface area contributed by atoms with Gasteiger partial charge in [0.2, 0.25) is 9.54 Å². The summed E-state index contributed by atoms with van der Waals surface area (Å²) in [5, 5.41) is 21.9. The van der Waals surface area contributed by atoms with Gasteiger partial charge in [0.05, 0.1) is 23.6 Å². The zero-order valence-electron chi connectivity index (χ0n) is 21.8. The molecule has 4 aromatic carbocycles. The molecule has 0 fully saturated rings. The Kier molecular flexibility index (Phi) is 9.07. The van der Waals surface area contributed by atoms with Crippen molar-refractivity contribution in [3.8, 4) is 22.8 Å². The Hall–Kier alpha value is -5.20. The molecule has 0 radical (unpaired) electrons. The molecule has 0 bridgehead atoms. The maximum Gasteiger partial charge on any atom is 0.216 e. The minimum absolute atomic E-state index is 0.306. The second-order valence-corrected chi connectivity index (χ2v) is 9.37. The number of H-pyrrole nitrogens is 2. The van der Waals surface area contributed by atoms with Crippen molar-refractivity contribution in [2.75, 3.05) is 0 Å². The number of benzene rings is 4. The highest BCUT2D eigenvalue weighted by atomic mass is 32.1. The van der Waals surface area contributed by atoms with Gasteiger partial charge in [-0.2, -0.15) is 29.8 Å². The molecule has 42 heavy (non-hydrogen) atoms. The number of nitrogens with zero attached hydrogens (tertiary/aromatic N) is 6. The van der Waals surface area contributed by atoms with Gasteiger partial charge < -0.3 is 0 Å². The van der Waals surface area contributed by atoms with Crippen molar-refractivity contribution in [1.82, 2.24) is 29.7 Å². The largest absolute Gasteiger partial charge is 0.250 e. The van der Waals surface area contributed by atoms with E-state index in [1.54, 1.807) is 48.8 Å². The summed E-state index contributed by atoms with van der Waals surface area (Å²) in [6.07, 6.45) is 3.30. The average Bonchev–Trinajstić information content (AvgIpc) is 3.58. The SMILES string of the molecule is Fc1ccccc1-c1n[nH]c(=S)n1N=Cc1ccccc1.Fc1ccccc1-c1n[nH]c(=S)n1N=Cc1ccccc1. The van der Waals surface area contributed by atoms with Crippen LogP contribution in [0.3, 0.4) is 0 Å². The van der Waals surface area contributed by atoms with Gasteiger partial charge in [-0.05, 0) is 59.8 Å². The fourth-order valence-corrected chi connectivity index (χ4v) is 4.12. The van der Waals surface area contributed by atoms with Gasteiger partial charge in [-0.25, -0.2) is 19.0 Å². The van der Waals surface area contributed by atoms with Crippen molar-refractivity contribution in [3.05, 3.63) is 141 Å². The van der Waals surface area contributed by atoms with Gasteiger partial charge in [-0.1, -0.05) is 84.9 Å². The Bertz CT molecular complexity index is 1820. The van der Waals surface area contributed by atoms with Gasteiger partial charge in [0.15, 0.2) is 11.6 Å². The van der Waals surface area contributed by atoms with E-state index in [1.807, 2.05) is 60.7 Å². The summed E-state index contributed by atoms with van der Waals surface area (Å²) < 4.78 is 31.2. The summed E-state index contributed by atoms with van der Waals surface area (Å²) in [6.45, 7) is 0. The number of hydrogen-bond donors (Lipinski definition) is 2. The van der Waals surface area contributed by atoms with E-state index in [1.165, 1.54) is 21.5 Å². The second kappa shape index (κ2) is 13.4. The summed E-state index contributed by atoms with van der Waals surface area (Å²) in [6, 6.07) is 31.9. The molecule has 12 heteroatoms. The predicted molar refractivity (Wildman–Crippen MR) is 164 cm³/mol. The molecule has 0 unspecified atom stereocenters. The second-order valence-electron chi connectivity index (χ2n) is 8.60. The van der Waals surface area contributed by atoms with Crippen LogP contribution in [-0.2, 0) is 0 Å². The third-order valence-electron chi connectivity index (χ3n) is 5.77. The Morgan fingerprint density at radius 1 is 0.548 bits per heavy atom. The van der Waals surface area contributed by atoms with Gasteiger partial charge in [0, 0.05) is 0 Å². The van der Waals surface area contributed by atoms with Crippen LogP contribution in [0.1, 0.15) is 11.1 Å². The van der Waals surface area contributed by atoms with Gasteiger partial charge in [-0.3, -0.25) is 0 Å². The first kappa shape index (κ1) is 28.3. The van der Waals surface area contributed by atoms with Crippen LogP contribution >= 0.6 is 24.4 Å². The highest BCUT2D eigenvalue weighted by Crippen LogP contribution is 2.21. The lowest BCUT2D eigenvalue weighted by molar-refractivity contribution is 0.628. The van der Waals surface area contributed by atoms with Gasteiger partial charge in [-0.15, -0.1) is 0 Å². The first-order chi connectivity index (χ1) is 20.5. The Labute approximate surface area is 249 Å². The lowest BCUT2D eigenvalue weighted by atomic mass is 10.2. The Morgan fingerprint density at radius 2 is 0.905 bits per heavy atom. The summed E-state index contributed by atoms with van der Waals surface area (Å²) >= 11 is 10.3. The van der Waals surface area contributed by atoms with Crippen LogP contribution in [0, 0.1) is 21.2 Å². The van der Waals surface area contributed by atoms with Crippen LogP contribution < -0.4 is 0 Å². The molecule has 6 aromatic rings. The van der Waals surface area contributed by atoms with Crippen molar-refractivity contribution < 1.29 is 8.78 Å². The third kappa shape index (κ3) is 6.74. The summed E-state index contributed by atoms with van der Waals surface area (Å²) in [7, 11) is 0. The first-order valence-electron chi connectivity index (χ1n) is 12.5. The van der Waals surface area contributed by atoms with Gasteiger partial charge >= 0.3 is 0 Å². The molecule has 8 nitrogen and oxygen atoms in total. The standard InChI is InChI=1S/2C15H11FN4S/c2*16-13-9-5-4-8-12(13)14-18-19-15(21)20(14)17-10-11-6-2-1-3-7-11/h2*1-10H,(H,19,21). The lowest BCUT2D eigenvalue weighted by Crippen LogP contribution is -1.96. The Morgan fingerprint density at radius 3 is 1.29 bits per heavy atom. The monoisotopic (exact) mass is 596 g/mol. The van der Waals surface area contributed by atoms with Crippen LogP contribution in [-0.4, -0.2) is 42.2 Å². The first-order valence-corrected chi connectivity index (χ1v) is 13.4. The molecular weight excluding hydrogens is 575 g/mol. The lowest BCUT2D eigenvalue weighted by Gasteiger charge is -2.02. The number of aromatic nitrogens is 6. The number of aromatic amines is 2. The fraction of sp³-hybridized carbons (Fsp3) is 0. The molecular formula is C30H22F2N8S2.